The molecule has 0 aliphatic heterocycles. The standard InChI is InChI=1S/C17H14ClF3N4O2/c1-8(22-10-3-5-13-14(7-10)25-16(27)24-13)15(26)23-12-4-2-9(18)6-11(12)17(19,20)21/h2-8,22H,1H3,(H,23,26)(H2,24,25,27)/t8-/m0/s1. The predicted molar refractivity (Wildman–Crippen MR) is 97.1 cm³/mol. The van der Waals surface area contributed by atoms with Crippen LogP contribution < -0.4 is 16.3 Å². The lowest BCUT2D eigenvalue weighted by molar-refractivity contribution is -0.137. The molecule has 142 valence electrons. The second kappa shape index (κ2) is 6.99. The first-order valence-electron chi connectivity index (χ1n) is 7.79. The van der Waals surface area contributed by atoms with Gasteiger partial charge in [0.1, 0.15) is 6.04 Å². The number of hydrogen-bond donors (Lipinski definition) is 4. The van der Waals surface area contributed by atoms with E-state index in [1.807, 2.05) is 0 Å². The fraction of sp³-hybridized carbons (Fsp3) is 0.176. The minimum Gasteiger partial charge on any atom is -0.374 e. The number of carbonyl (C=O) groups is 1. The van der Waals surface area contributed by atoms with Crippen LogP contribution in [0.3, 0.4) is 0 Å². The van der Waals surface area contributed by atoms with Gasteiger partial charge in [0, 0.05) is 10.7 Å². The van der Waals surface area contributed by atoms with Crippen LogP contribution in [0, 0.1) is 0 Å². The lowest BCUT2D eigenvalue weighted by Gasteiger charge is -2.18. The number of carbonyl (C=O) groups excluding carboxylic acids is 1. The molecule has 0 saturated heterocycles. The zero-order valence-corrected chi connectivity index (χ0v) is 14.6. The second-order valence-corrected chi connectivity index (χ2v) is 6.32. The van der Waals surface area contributed by atoms with Crippen LogP contribution in [-0.2, 0) is 11.0 Å². The fourth-order valence-electron chi connectivity index (χ4n) is 2.54. The van der Waals surface area contributed by atoms with Crippen molar-refractivity contribution in [3.63, 3.8) is 0 Å². The first kappa shape index (κ1) is 18.8. The fourth-order valence-corrected chi connectivity index (χ4v) is 2.71. The van der Waals surface area contributed by atoms with Gasteiger partial charge in [0.25, 0.3) is 0 Å². The third kappa shape index (κ3) is 4.25. The summed E-state index contributed by atoms with van der Waals surface area (Å²) in [5, 5.41) is 5.06. The summed E-state index contributed by atoms with van der Waals surface area (Å²) in [6, 6.07) is 7.17. The molecule has 1 heterocycles. The first-order chi connectivity index (χ1) is 12.6. The molecule has 10 heteroatoms. The number of halogens is 4. The van der Waals surface area contributed by atoms with E-state index in [0.717, 1.165) is 12.1 Å². The van der Waals surface area contributed by atoms with Gasteiger partial charge in [-0.1, -0.05) is 11.6 Å². The molecule has 2 aromatic carbocycles. The molecule has 0 unspecified atom stereocenters. The molecule has 0 radical (unpaired) electrons. The normalized spacial score (nSPS) is 12.8. The van der Waals surface area contributed by atoms with E-state index in [1.165, 1.54) is 13.0 Å². The highest BCUT2D eigenvalue weighted by atomic mass is 35.5. The number of alkyl halides is 3. The van der Waals surface area contributed by atoms with Crippen LogP contribution >= 0.6 is 11.6 Å². The van der Waals surface area contributed by atoms with E-state index in [0.29, 0.717) is 16.7 Å². The molecule has 0 spiro atoms. The summed E-state index contributed by atoms with van der Waals surface area (Å²) in [6.45, 7) is 1.50. The maximum Gasteiger partial charge on any atom is 0.418 e. The van der Waals surface area contributed by atoms with Crippen molar-refractivity contribution in [2.45, 2.75) is 19.1 Å². The molecule has 0 fully saturated rings. The van der Waals surface area contributed by atoms with Crippen molar-refractivity contribution in [1.82, 2.24) is 9.97 Å². The minimum atomic E-state index is -4.66. The molecule has 1 amide bonds. The number of rotatable bonds is 4. The molecule has 3 aromatic rings. The topological polar surface area (TPSA) is 89.8 Å². The Labute approximate surface area is 155 Å². The summed E-state index contributed by atoms with van der Waals surface area (Å²) < 4.78 is 39.4. The van der Waals surface area contributed by atoms with Gasteiger partial charge in [0.15, 0.2) is 0 Å². The molecule has 27 heavy (non-hydrogen) atoms. The highest BCUT2D eigenvalue weighted by Crippen LogP contribution is 2.36. The second-order valence-electron chi connectivity index (χ2n) is 5.88. The Morgan fingerprint density at radius 1 is 1.11 bits per heavy atom. The molecular formula is C17H14ClF3N4O2. The summed E-state index contributed by atoms with van der Waals surface area (Å²) in [4.78, 5) is 28.7. The Morgan fingerprint density at radius 2 is 1.81 bits per heavy atom. The lowest BCUT2D eigenvalue weighted by Crippen LogP contribution is -2.32. The smallest absolute Gasteiger partial charge is 0.374 e. The number of amides is 1. The molecule has 3 rings (SSSR count). The van der Waals surface area contributed by atoms with Crippen LogP contribution in [0.1, 0.15) is 12.5 Å². The molecule has 0 bridgehead atoms. The number of hydrogen-bond acceptors (Lipinski definition) is 3. The molecule has 6 nitrogen and oxygen atoms in total. The molecule has 1 atom stereocenters. The van der Waals surface area contributed by atoms with Gasteiger partial charge in [-0.2, -0.15) is 13.2 Å². The highest BCUT2D eigenvalue weighted by molar-refractivity contribution is 6.30. The van der Waals surface area contributed by atoms with Crippen molar-refractivity contribution in [1.29, 1.82) is 0 Å². The van der Waals surface area contributed by atoms with Crippen molar-refractivity contribution in [3.05, 3.63) is 57.5 Å². The van der Waals surface area contributed by atoms with E-state index in [-0.39, 0.29) is 16.4 Å². The number of H-pyrrole nitrogens is 2. The van der Waals surface area contributed by atoms with Gasteiger partial charge in [-0.25, -0.2) is 4.79 Å². The minimum absolute atomic E-state index is 0.0831. The summed E-state index contributed by atoms with van der Waals surface area (Å²) in [7, 11) is 0. The van der Waals surface area contributed by atoms with Crippen molar-refractivity contribution in [2.24, 2.45) is 0 Å². The molecule has 0 aliphatic carbocycles. The van der Waals surface area contributed by atoms with Gasteiger partial charge in [-0.05, 0) is 43.3 Å². The zero-order valence-electron chi connectivity index (χ0n) is 13.9. The average Bonchev–Trinajstić information content (AvgIpc) is 2.94. The van der Waals surface area contributed by atoms with Crippen molar-refractivity contribution < 1.29 is 18.0 Å². The number of anilines is 2. The van der Waals surface area contributed by atoms with Gasteiger partial charge in [0.05, 0.1) is 22.3 Å². The van der Waals surface area contributed by atoms with Gasteiger partial charge in [-0.15, -0.1) is 0 Å². The monoisotopic (exact) mass is 398 g/mol. The van der Waals surface area contributed by atoms with Gasteiger partial charge in [0.2, 0.25) is 5.91 Å². The lowest BCUT2D eigenvalue weighted by atomic mass is 10.1. The van der Waals surface area contributed by atoms with Crippen LogP contribution in [0.25, 0.3) is 11.0 Å². The van der Waals surface area contributed by atoms with E-state index in [2.05, 4.69) is 20.6 Å². The maximum absolute atomic E-state index is 13.1. The van der Waals surface area contributed by atoms with Crippen LogP contribution in [0.5, 0.6) is 0 Å². The Balaban J connectivity index is 1.76. The largest absolute Gasteiger partial charge is 0.418 e. The van der Waals surface area contributed by atoms with E-state index in [1.54, 1.807) is 18.2 Å². The summed E-state index contributed by atoms with van der Waals surface area (Å²) in [5.74, 6) is -0.662. The average molecular weight is 399 g/mol. The Hall–Kier alpha value is -2.94. The highest BCUT2D eigenvalue weighted by Gasteiger charge is 2.34. The van der Waals surface area contributed by atoms with Gasteiger partial charge in [-0.3, -0.25) is 4.79 Å². The number of nitrogens with one attached hydrogen (secondary N) is 4. The van der Waals surface area contributed by atoms with Crippen LogP contribution in [0.15, 0.2) is 41.2 Å². The van der Waals surface area contributed by atoms with E-state index in [9.17, 15) is 22.8 Å². The van der Waals surface area contributed by atoms with Crippen molar-refractivity contribution in [2.75, 3.05) is 10.6 Å². The maximum atomic E-state index is 13.1. The Bertz CT molecular complexity index is 1060. The van der Waals surface area contributed by atoms with E-state index in [4.69, 9.17) is 11.6 Å². The summed E-state index contributed by atoms with van der Waals surface area (Å²) in [5.41, 5.74) is -0.117. The predicted octanol–water partition coefficient (Wildman–Crippen LogP) is 3.97. The number of benzene rings is 2. The Kier molecular flexibility index (Phi) is 4.88. The first-order valence-corrected chi connectivity index (χ1v) is 8.17. The number of fused-ring (bicyclic) bond motifs is 1. The molecule has 1 aromatic heterocycles. The Morgan fingerprint density at radius 3 is 2.52 bits per heavy atom. The molecular weight excluding hydrogens is 385 g/mol. The van der Waals surface area contributed by atoms with Gasteiger partial charge < -0.3 is 20.6 Å². The van der Waals surface area contributed by atoms with E-state index < -0.39 is 23.7 Å². The third-order valence-corrected chi connectivity index (χ3v) is 4.07. The molecule has 0 aliphatic rings. The van der Waals surface area contributed by atoms with Crippen molar-refractivity contribution >= 4 is 39.9 Å². The molecule has 4 N–H and O–H groups in total. The van der Waals surface area contributed by atoms with Crippen LogP contribution in [0.2, 0.25) is 5.02 Å². The van der Waals surface area contributed by atoms with Crippen molar-refractivity contribution in [3.8, 4) is 0 Å². The van der Waals surface area contributed by atoms with Crippen LogP contribution in [-0.4, -0.2) is 21.9 Å². The van der Waals surface area contributed by atoms with E-state index >= 15 is 0 Å². The number of aromatic amines is 2. The zero-order chi connectivity index (χ0) is 19.8. The SMILES string of the molecule is C[C@H](Nc1ccc2[nH]c(=O)[nH]c2c1)C(=O)Nc1ccc(Cl)cc1C(F)(F)F. The van der Waals surface area contributed by atoms with Crippen LogP contribution in [0.4, 0.5) is 24.5 Å². The number of aromatic nitrogens is 2. The summed E-state index contributed by atoms with van der Waals surface area (Å²) in [6.07, 6.45) is -4.66. The quantitative estimate of drug-likeness (QED) is 0.536. The number of imidazole rings is 1. The molecule has 0 saturated carbocycles. The summed E-state index contributed by atoms with van der Waals surface area (Å²) >= 11 is 5.63. The third-order valence-electron chi connectivity index (χ3n) is 3.84. The van der Waals surface area contributed by atoms with Gasteiger partial charge >= 0.3 is 11.9 Å².